The fourth-order valence-electron chi connectivity index (χ4n) is 3.41. The molecule has 3 aromatic rings. The van der Waals surface area contributed by atoms with E-state index in [1.807, 2.05) is 0 Å². The van der Waals surface area contributed by atoms with Gasteiger partial charge in [0.05, 0.1) is 5.57 Å². The third kappa shape index (κ3) is 1.20. The molecule has 0 radical (unpaired) electrons. The van der Waals surface area contributed by atoms with Gasteiger partial charge in [-0.05, 0) is 6.42 Å². The van der Waals surface area contributed by atoms with Crippen LogP contribution in [-0.2, 0) is 15.9 Å². The van der Waals surface area contributed by atoms with Gasteiger partial charge in [-0.15, -0.1) is 0 Å². The number of nitrogens with two attached hydrogens (primary N) is 2. The van der Waals surface area contributed by atoms with Gasteiger partial charge in [-0.2, -0.15) is 0 Å². The maximum atomic E-state index is 6.06. The largest absolute Gasteiger partial charge is 0.478 e. The van der Waals surface area contributed by atoms with Crippen molar-refractivity contribution < 1.29 is 18.3 Å². The highest BCUT2D eigenvalue weighted by Gasteiger charge is 2.64. The van der Waals surface area contributed by atoms with Gasteiger partial charge in [-0.1, -0.05) is 20.8 Å². The number of benzene rings is 1. The molecule has 1 fully saturated rings. The first-order valence-corrected chi connectivity index (χ1v) is 7.13. The van der Waals surface area contributed by atoms with Gasteiger partial charge in [0.25, 0.3) is 0 Å². The van der Waals surface area contributed by atoms with E-state index in [4.69, 9.17) is 29.8 Å². The molecule has 1 atom stereocenters. The highest BCUT2D eigenvalue weighted by molar-refractivity contribution is 6.14. The van der Waals surface area contributed by atoms with E-state index in [1.165, 1.54) is 5.56 Å². The molecule has 3 aliphatic rings. The lowest BCUT2D eigenvalue weighted by Gasteiger charge is -2.14. The van der Waals surface area contributed by atoms with Crippen LogP contribution in [0.1, 0.15) is 31.9 Å². The zero-order chi connectivity index (χ0) is 14.1. The molecule has 2 aromatic heterocycles. The molecule has 1 saturated heterocycles. The molecule has 0 saturated carbocycles. The number of allylic oxidation sites excluding steroid dienone is 1. The van der Waals surface area contributed by atoms with Crippen molar-refractivity contribution in [2.24, 2.45) is 11.5 Å². The minimum Gasteiger partial charge on any atom is -0.478 e. The second-order valence-electron chi connectivity index (χ2n) is 6.05. The van der Waals surface area contributed by atoms with Crippen LogP contribution in [-0.4, -0.2) is 11.8 Å². The molecule has 6 nitrogen and oxygen atoms in total. The summed E-state index contributed by atoms with van der Waals surface area (Å²) in [5, 5.41) is 0. The van der Waals surface area contributed by atoms with E-state index in [0.29, 0.717) is 5.76 Å². The van der Waals surface area contributed by atoms with Crippen molar-refractivity contribution in [2.45, 2.75) is 39.0 Å². The van der Waals surface area contributed by atoms with Crippen LogP contribution in [0.4, 0.5) is 0 Å². The first-order chi connectivity index (χ1) is 10.1. The average Bonchev–Trinajstić information content (AvgIpc) is 3.30. The van der Waals surface area contributed by atoms with Crippen molar-refractivity contribution >= 4 is 27.9 Å². The van der Waals surface area contributed by atoms with Gasteiger partial charge in [-0.3, -0.25) is 0 Å². The summed E-state index contributed by atoms with van der Waals surface area (Å²) in [4.78, 5) is 0. The quantitative estimate of drug-likeness (QED) is 0.569. The van der Waals surface area contributed by atoms with Crippen molar-refractivity contribution in [2.75, 3.05) is 0 Å². The lowest BCUT2D eigenvalue weighted by atomic mass is 9.90. The molecule has 4 N–H and O–H groups in total. The summed E-state index contributed by atoms with van der Waals surface area (Å²) >= 11 is 0. The minimum atomic E-state index is -1.03. The lowest BCUT2D eigenvalue weighted by Crippen LogP contribution is -2.54. The molecule has 2 aliphatic heterocycles. The molecule has 22 heavy (non-hydrogen) atoms. The predicted molar refractivity (Wildman–Crippen MR) is 80.1 cm³/mol. The number of aryl methyl sites for hydroxylation is 1. The van der Waals surface area contributed by atoms with E-state index in [0.717, 1.165) is 57.8 Å². The third-order valence-corrected chi connectivity index (χ3v) is 4.59. The van der Waals surface area contributed by atoms with E-state index in [-0.39, 0.29) is 13.5 Å². The maximum Gasteiger partial charge on any atom is 0.217 e. The molecule has 6 heteroatoms. The summed E-state index contributed by atoms with van der Waals surface area (Å²) in [6, 6.07) is 0. The van der Waals surface area contributed by atoms with E-state index >= 15 is 0 Å². The number of hydrogen-bond acceptors (Lipinski definition) is 6. The van der Waals surface area contributed by atoms with Crippen LogP contribution in [0.15, 0.2) is 26.1 Å². The van der Waals surface area contributed by atoms with Gasteiger partial charge in [0.15, 0.2) is 40.2 Å². The van der Waals surface area contributed by atoms with E-state index in [9.17, 15) is 0 Å². The molecule has 1 unspecified atom stereocenters. The molecule has 0 bridgehead atoms. The molecule has 114 valence electrons. The highest BCUT2D eigenvalue weighted by Crippen LogP contribution is 2.60. The number of epoxide rings is 1. The Bertz CT molecular complexity index is 987. The highest BCUT2D eigenvalue weighted by atomic mass is 16.6. The van der Waals surface area contributed by atoms with Crippen molar-refractivity contribution in [1.29, 1.82) is 0 Å². The van der Waals surface area contributed by atoms with Crippen LogP contribution in [0.25, 0.3) is 27.9 Å². The fourth-order valence-corrected chi connectivity index (χ4v) is 3.41. The lowest BCUT2D eigenvalue weighted by molar-refractivity contribution is 0.288. The molecule has 4 heterocycles. The zero-order valence-electron chi connectivity index (χ0n) is 11.3. The predicted octanol–water partition coefficient (Wildman–Crippen LogP) is 2.62. The Kier molecular flexibility index (Phi) is 1.83. The molecular formula is C16H16N2O4. The molecule has 1 aliphatic carbocycles. The Labute approximate surface area is 126 Å². The van der Waals surface area contributed by atoms with Crippen LogP contribution in [0.5, 0.6) is 0 Å². The third-order valence-electron chi connectivity index (χ3n) is 4.59. The standard InChI is InChI=1S/C15H12N2O4.CH4/c1-2-3-4-5(8-12(19-8)11-7(4)18-11)6-9-13(20-9)15(16,17)14-10(6)21-14;/h13H,2-3,16-17H2,1H3;1H4. The summed E-state index contributed by atoms with van der Waals surface area (Å²) in [5.41, 5.74) is 17.8. The minimum absolute atomic E-state index is 0. The molecule has 1 aromatic carbocycles. The van der Waals surface area contributed by atoms with Crippen molar-refractivity contribution in [3.8, 4) is 0 Å². The molecule has 0 spiro atoms. The summed E-state index contributed by atoms with van der Waals surface area (Å²) in [7, 11) is 0. The molecule has 0 amide bonds. The summed E-state index contributed by atoms with van der Waals surface area (Å²) in [6.45, 7) is 2.14. The fraction of sp³-hybridized carbons (Fsp3) is 0.375. The summed E-state index contributed by atoms with van der Waals surface area (Å²) in [6.07, 6.45) is 1.66. The molecular weight excluding hydrogens is 284 g/mol. The molecule has 6 rings (SSSR count). The topological polar surface area (TPSA) is 103 Å². The van der Waals surface area contributed by atoms with E-state index in [2.05, 4.69) is 6.92 Å². The van der Waals surface area contributed by atoms with Crippen LogP contribution in [0, 0.1) is 0 Å². The van der Waals surface area contributed by atoms with Crippen molar-refractivity contribution in [3.05, 3.63) is 28.4 Å². The van der Waals surface area contributed by atoms with Gasteiger partial charge in [0, 0.05) is 11.1 Å². The van der Waals surface area contributed by atoms with E-state index < -0.39 is 5.66 Å². The van der Waals surface area contributed by atoms with E-state index in [1.54, 1.807) is 0 Å². The number of hydrogen-bond donors (Lipinski definition) is 2. The van der Waals surface area contributed by atoms with Gasteiger partial charge in [-0.25, -0.2) is 0 Å². The van der Waals surface area contributed by atoms with Gasteiger partial charge in [0.2, 0.25) is 11.2 Å². The number of rotatable bonds is 3. The number of fused-ring (bicyclic) bond motifs is 4. The van der Waals surface area contributed by atoms with Gasteiger partial charge >= 0.3 is 0 Å². The normalized spacial score (nSPS) is 24.4. The SMILES string of the molecule is C.CCCc1c(C2=C3OC3C(N)(N)C3=C2O3)c2oc2c2oc12. The van der Waals surface area contributed by atoms with Crippen LogP contribution in [0.3, 0.4) is 0 Å². The Hall–Kier alpha value is -2.18. The van der Waals surface area contributed by atoms with Gasteiger partial charge < -0.3 is 29.8 Å². The Balaban J connectivity index is 0.00000113. The Morgan fingerprint density at radius 3 is 2.59 bits per heavy atom. The van der Waals surface area contributed by atoms with Crippen LogP contribution < -0.4 is 11.5 Å². The monoisotopic (exact) mass is 300 g/mol. The van der Waals surface area contributed by atoms with Crippen LogP contribution in [0.2, 0.25) is 0 Å². The van der Waals surface area contributed by atoms with Crippen molar-refractivity contribution in [3.63, 3.8) is 0 Å². The second-order valence-corrected chi connectivity index (χ2v) is 6.05. The summed E-state index contributed by atoms with van der Waals surface area (Å²) in [5.74, 6) is 2.19. The average molecular weight is 300 g/mol. The zero-order valence-corrected chi connectivity index (χ0v) is 11.3. The first-order valence-electron chi connectivity index (χ1n) is 7.13. The number of ether oxygens (including phenoxy) is 2. The first kappa shape index (κ1) is 12.4. The Morgan fingerprint density at radius 1 is 1.09 bits per heavy atom. The second kappa shape index (κ2) is 3.26. The van der Waals surface area contributed by atoms with Crippen molar-refractivity contribution in [1.82, 2.24) is 0 Å². The Morgan fingerprint density at radius 2 is 1.82 bits per heavy atom. The summed E-state index contributed by atoms with van der Waals surface area (Å²) < 4.78 is 22.4. The van der Waals surface area contributed by atoms with Gasteiger partial charge in [0.1, 0.15) is 0 Å². The maximum absolute atomic E-state index is 6.06. The van der Waals surface area contributed by atoms with Crippen LogP contribution >= 0.6 is 0 Å². The smallest absolute Gasteiger partial charge is 0.217 e.